The highest BCUT2D eigenvalue weighted by Crippen LogP contribution is 2.96. The molecule has 17 heavy (non-hydrogen) atoms. The smallest absolute Gasteiger partial charge is 0.312 e. The third-order valence-corrected chi connectivity index (χ3v) is 7.50. The third-order valence-electron chi connectivity index (χ3n) is 7.15. The lowest BCUT2D eigenvalue weighted by Crippen LogP contribution is -2.71. The number of halogens is 1. The van der Waals surface area contributed by atoms with Crippen LogP contribution >= 0.6 is 11.6 Å². The molecule has 5 rings (SSSR count). The average molecular weight is 253 g/mol. The zero-order valence-electron chi connectivity index (χ0n) is 9.48. The van der Waals surface area contributed by atoms with E-state index in [2.05, 4.69) is 0 Å². The van der Waals surface area contributed by atoms with Crippen molar-refractivity contribution in [3.63, 3.8) is 0 Å². The fourth-order valence-electron chi connectivity index (χ4n) is 6.99. The molecule has 5 fully saturated rings. The molecule has 0 amide bonds. The lowest BCUT2D eigenvalue weighted by Gasteiger charge is -2.69. The Morgan fingerprint density at radius 2 is 1.65 bits per heavy atom. The number of hydrogen-bond donors (Lipinski definition) is 0. The lowest BCUT2D eigenvalue weighted by atomic mass is 9.33. The number of rotatable bonds is 2. The number of ether oxygens (including phenoxy) is 1. The fourth-order valence-corrected chi connectivity index (χ4v) is 7.33. The zero-order chi connectivity index (χ0) is 11.7. The SMILES string of the molecule is COC(=O)C12CC3C4C5C(C1CC35C(=O)Cl)C42. The van der Waals surface area contributed by atoms with E-state index in [0.29, 0.717) is 35.5 Å². The van der Waals surface area contributed by atoms with Gasteiger partial charge in [-0.3, -0.25) is 9.59 Å². The molecule has 3 nitrogen and oxygen atoms in total. The molecule has 0 aromatic carbocycles. The van der Waals surface area contributed by atoms with E-state index < -0.39 is 0 Å². The van der Waals surface area contributed by atoms with Crippen LogP contribution in [0.4, 0.5) is 0 Å². The molecule has 0 heterocycles. The van der Waals surface area contributed by atoms with Crippen LogP contribution in [-0.4, -0.2) is 18.3 Å². The summed E-state index contributed by atoms with van der Waals surface area (Å²) in [7, 11) is 1.49. The summed E-state index contributed by atoms with van der Waals surface area (Å²) in [6, 6.07) is 0. The van der Waals surface area contributed by atoms with Crippen molar-refractivity contribution >= 4 is 22.8 Å². The van der Waals surface area contributed by atoms with Crippen molar-refractivity contribution in [3.05, 3.63) is 0 Å². The molecule has 0 radical (unpaired) electrons. The number of esters is 1. The van der Waals surface area contributed by atoms with Gasteiger partial charge in [-0.15, -0.1) is 0 Å². The van der Waals surface area contributed by atoms with Crippen LogP contribution in [0.3, 0.4) is 0 Å². The second-order valence-corrected chi connectivity index (χ2v) is 7.02. The highest BCUT2D eigenvalue weighted by atomic mass is 35.5. The van der Waals surface area contributed by atoms with E-state index in [1.807, 2.05) is 0 Å². The monoisotopic (exact) mass is 252 g/mol. The molecular weight excluding hydrogens is 240 g/mol. The van der Waals surface area contributed by atoms with E-state index in [1.165, 1.54) is 7.11 Å². The molecule has 0 aromatic heterocycles. The first kappa shape index (κ1) is 9.37. The number of methoxy groups -OCH3 is 1. The highest BCUT2D eigenvalue weighted by Gasteiger charge is 2.97. The van der Waals surface area contributed by atoms with E-state index >= 15 is 0 Å². The minimum Gasteiger partial charge on any atom is -0.469 e. The lowest BCUT2D eigenvalue weighted by molar-refractivity contribution is -0.246. The Morgan fingerprint density at radius 3 is 2.24 bits per heavy atom. The predicted molar refractivity (Wildman–Crippen MR) is 57.9 cm³/mol. The molecule has 8 unspecified atom stereocenters. The van der Waals surface area contributed by atoms with Gasteiger partial charge in [0.05, 0.1) is 17.9 Å². The van der Waals surface area contributed by atoms with Crippen molar-refractivity contribution in [3.8, 4) is 0 Å². The molecule has 8 atom stereocenters. The number of carbonyl (C=O) groups excluding carboxylic acids is 2. The Labute approximate surface area is 104 Å². The standard InChI is InChI=1S/C13H13ClO3/c1-17-11(16)13-3-4-6-8-7(9(6)13)5(13)2-12(4,8)10(14)15/h4-9H,2-3H2,1H3. The third kappa shape index (κ3) is 0.545. The van der Waals surface area contributed by atoms with Crippen LogP contribution < -0.4 is 0 Å². The van der Waals surface area contributed by atoms with Gasteiger partial charge in [-0.1, -0.05) is 0 Å². The van der Waals surface area contributed by atoms with Gasteiger partial charge in [0.1, 0.15) is 0 Å². The summed E-state index contributed by atoms with van der Waals surface area (Å²) in [5.74, 6) is 3.03. The molecule has 5 aliphatic carbocycles. The van der Waals surface area contributed by atoms with Crippen LogP contribution in [0, 0.1) is 46.3 Å². The summed E-state index contributed by atoms with van der Waals surface area (Å²) in [6.07, 6.45) is 1.72. The molecule has 5 saturated carbocycles. The fraction of sp³-hybridized carbons (Fsp3) is 0.846. The van der Waals surface area contributed by atoms with Crippen molar-refractivity contribution < 1.29 is 14.3 Å². The van der Waals surface area contributed by atoms with Crippen LogP contribution in [-0.2, 0) is 14.3 Å². The summed E-state index contributed by atoms with van der Waals surface area (Å²) in [5.41, 5.74) is -0.441. The van der Waals surface area contributed by atoms with Gasteiger partial charge in [0.15, 0.2) is 0 Å². The maximum Gasteiger partial charge on any atom is 0.312 e. The summed E-state index contributed by atoms with van der Waals surface area (Å²) < 4.78 is 5.03. The normalized spacial score (nSPS) is 66.7. The van der Waals surface area contributed by atoms with Crippen LogP contribution in [0.5, 0.6) is 0 Å². The maximum absolute atomic E-state index is 12.1. The summed E-state index contributed by atoms with van der Waals surface area (Å²) in [5, 5.41) is -0.130. The van der Waals surface area contributed by atoms with Gasteiger partial charge in [-0.05, 0) is 60.0 Å². The molecule has 0 N–H and O–H groups in total. The molecule has 5 aliphatic rings. The van der Waals surface area contributed by atoms with Crippen LogP contribution in [0.1, 0.15) is 12.8 Å². The first-order chi connectivity index (χ1) is 8.10. The zero-order valence-corrected chi connectivity index (χ0v) is 10.2. The maximum atomic E-state index is 12.1. The van der Waals surface area contributed by atoms with Gasteiger partial charge in [-0.2, -0.15) is 0 Å². The Kier molecular flexibility index (Phi) is 1.20. The van der Waals surface area contributed by atoms with Gasteiger partial charge in [0, 0.05) is 0 Å². The van der Waals surface area contributed by atoms with Gasteiger partial charge in [0.2, 0.25) is 5.24 Å². The van der Waals surface area contributed by atoms with Gasteiger partial charge in [-0.25, -0.2) is 0 Å². The number of hydrogen-bond acceptors (Lipinski definition) is 3. The number of fused-ring (bicyclic) bond motifs is 2. The van der Waals surface area contributed by atoms with Crippen LogP contribution in [0.2, 0.25) is 0 Å². The van der Waals surface area contributed by atoms with E-state index in [0.717, 1.165) is 12.8 Å². The average Bonchev–Trinajstić information content (AvgIpc) is 2.53. The summed E-state index contributed by atoms with van der Waals surface area (Å²) in [6.45, 7) is 0. The first-order valence-corrected chi connectivity index (χ1v) is 6.77. The van der Waals surface area contributed by atoms with Gasteiger partial charge < -0.3 is 4.74 Å². The van der Waals surface area contributed by atoms with E-state index in [1.54, 1.807) is 0 Å². The van der Waals surface area contributed by atoms with Gasteiger partial charge >= 0.3 is 5.97 Å². The first-order valence-electron chi connectivity index (χ1n) is 6.39. The predicted octanol–water partition coefficient (Wildman–Crippen LogP) is 1.44. The number of carbonyl (C=O) groups is 2. The van der Waals surface area contributed by atoms with Crippen molar-refractivity contribution in [2.75, 3.05) is 7.11 Å². The Morgan fingerprint density at radius 1 is 1.12 bits per heavy atom. The minimum absolute atomic E-state index is 0.0211. The summed E-state index contributed by atoms with van der Waals surface area (Å²) >= 11 is 5.86. The van der Waals surface area contributed by atoms with E-state index in [4.69, 9.17) is 16.3 Å². The largest absolute Gasteiger partial charge is 0.469 e. The molecular formula is C13H13ClO3. The second kappa shape index (κ2) is 2.18. The minimum atomic E-state index is -0.230. The van der Waals surface area contributed by atoms with E-state index in [9.17, 15) is 9.59 Å². The van der Waals surface area contributed by atoms with E-state index in [-0.39, 0.29) is 22.0 Å². The van der Waals surface area contributed by atoms with Crippen molar-refractivity contribution in [1.82, 2.24) is 0 Å². The topological polar surface area (TPSA) is 43.4 Å². The molecule has 90 valence electrons. The molecule has 0 spiro atoms. The molecule has 0 aromatic rings. The Hall–Kier alpha value is -0.570. The highest BCUT2D eigenvalue weighted by molar-refractivity contribution is 6.65. The molecule has 0 aliphatic heterocycles. The van der Waals surface area contributed by atoms with Crippen molar-refractivity contribution in [1.29, 1.82) is 0 Å². The van der Waals surface area contributed by atoms with Crippen molar-refractivity contribution in [2.45, 2.75) is 12.8 Å². The molecule has 0 saturated heterocycles. The van der Waals surface area contributed by atoms with Crippen LogP contribution in [0.15, 0.2) is 0 Å². The molecule has 0 bridgehead atoms. The van der Waals surface area contributed by atoms with Crippen LogP contribution in [0.25, 0.3) is 0 Å². The quantitative estimate of drug-likeness (QED) is 0.552. The van der Waals surface area contributed by atoms with Gasteiger partial charge in [0.25, 0.3) is 0 Å². The second-order valence-electron chi connectivity index (χ2n) is 6.67. The van der Waals surface area contributed by atoms with Crippen molar-refractivity contribution in [2.24, 2.45) is 46.3 Å². The molecule has 4 heteroatoms. The Bertz CT molecular complexity index is 497. The summed E-state index contributed by atoms with van der Waals surface area (Å²) in [4.78, 5) is 23.9. The Balaban J connectivity index is 1.66.